The standard InChI is InChI=1S/C18H31N3O2S.HI/c1-4-19-17(20-13-18(3,22)16-10-7-11-23-16)21-14-8-6-9-15(12-14)24-5-2;/h7,10-11,14-15,22H,4-6,8-9,12-13H2,1-3H3,(H2,19,20,21);1H. The lowest BCUT2D eigenvalue weighted by Gasteiger charge is -2.30. The molecule has 5 nitrogen and oxygen atoms in total. The van der Waals surface area contributed by atoms with Gasteiger partial charge in [0.1, 0.15) is 11.4 Å². The summed E-state index contributed by atoms with van der Waals surface area (Å²) in [5, 5.41) is 18.1. The highest BCUT2D eigenvalue weighted by Crippen LogP contribution is 2.28. The van der Waals surface area contributed by atoms with Crippen LogP contribution in [0.4, 0.5) is 0 Å². The second-order valence-electron chi connectivity index (χ2n) is 6.53. The van der Waals surface area contributed by atoms with Gasteiger partial charge in [0, 0.05) is 17.8 Å². The van der Waals surface area contributed by atoms with Crippen molar-refractivity contribution in [2.75, 3.05) is 18.8 Å². The summed E-state index contributed by atoms with van der Waals surface area (Å²) in [4.78, 5) is 4.58. The van der Waals surface area contributed by atoms with Crippen molar-refractivity contribution in [3.8, 4) is 0 Å². The van der Waals surface area contributed by atoms with Gasteiger partial charge >= 0.3 is 0 Å². The Labute approximate surface area is 172 Å². The van der Waals surface area contributed by atoms with Crippen LogP contribution in [-0.2, 0) is 5.60 Å². The molecule has 1 aliphatic carbocycles. The van der Waals surface area contributed by atoms with Crippen LogP contribution in [0.15, 0.2) is 27.8 Å². The third-order valence-corrected chi connectivity index (χ3v) is 5.54. The number of guanidine groups is 1. The Balaban J connectivity index is 0.00000312. The van der Waals surface area contributed by atoms with Gasteiger partial charge in [-0.3, -0.25) is 0 Å². The van der Waals surface area contributed by atoms with E-state index in [9.17, 15) is 5.11 Å². The molecule has 0 amide bonds. The number of rotatable bonds is 7. The Hall–Kier alpha value is -0.410. The molecule has 144 valence electrons. The van der Waals surface area contributed by atoms with Crippen LogP contribution >= 0.6 is 35.7 Å². The maximum absolute atomic E-state index is 10.5. The van der Waals surface area contributed by atoms with E-state index >= 15 is 0 Å². The molecule has 0 aliphatic heterocycles. The molecule has 1 heterocycles. The molecule has 1 aromatic rings. The summed E-state index contributed by atoms with van der Waals surface area (Å²) >= 11 is 2.06. The Kier molecular flexibility index (Phi) is 10.3. The first kappa shape index (κ1) is 22.6. The monoisotopic (exact) mass is 481 g/mol. The third kappa shape index (κ3) is 7.38. The summed E-state index contributed by atoms with van der Waals surface area (Å²) in [6, 6.07) is 4.02. The molecule has 1 fully saturated rings. The SMILES string of the molecule is CCNC(=NCC(C)(O)c1ccco1)NC1CCCC(SCC)C1.I. The fourth-order valence-corrected chi connectivity index (χ4v) is 4.25. The zero-order valence-electron chi connectivity index (χ0n) is 15.5. The van der Waals surface area contributed by atoms with E-state index in [1.54, 1.807) is 25.3 Å². The van der Waals surface area contributed by atoms with Crippen LogP contribution in [-0.4, -0.2) is 41.2 Å². The van der Waals surface area contributed by atoms with E-state index < -0.39 is 5.60 Å². The molecule has 0 radical (unpaired) electrons. The molecular formula is C18H32IN3O2S. The predicted octanol–water partition coefficient (Wildman–Crippen LogP) is 3.72. The summed E-state index contributed by atoms with van der Waals surface area (Å²) in [6.07, 6.45) is 6.51. The number of halogens is 1. The van der Waals surface area contributed by atoms with E-state index in [-0.39, 0.29) is 30.5 Å². The molecule has 1 aliphatic rings. The van der Waals surface area contributed by atoms with Gasteiger partial charge in [0.05, 0.1) is 12.8 Å². The zero-order valence-corrected chi connectivity index (χ0v) is 18.6. The Morgan fingerprint density at radius 1 is 1.44 bits per heavy atom. The fraction of sp³-hybridized carbons (Fsp3) is 0.722. The first-order valence-corrected chi connectivity index (χ1v) is 10.0. The number of aliphatic hydroxyl groups is 1. The predicted molar refractivity (Wildman–Crippen MR) is 117 cm³/mol. The van der Waals surface area contributed by atoms with Gasteiger partial charge in [-0.1, -0.05) is 13.3 Å². The van der Waals surface area contributed by atoms with Gasteiger partial charge in [0.15, 0.2) is 5.96 Å². The Morgan fingerprint density at radius 2 is 2.24 bits per heavy atom. The summed E-state index contributed by atoms with van der Waals surface area (Å²) < 4.78 is 5.32. The number of thioether (sulfide) groups is 1. The van der Waals surface area contributed by atoms with Crippen molar-refractivity contribution in [1.82, 2.24) is 10.6 Å². The second kappa shape index (κ2) is 11.3. The number of furan rings is 1. The lowest BCUT2D eigenvalue weighted by Crippen LogP contribution is -2.46. The van der Waals surface area contributed by atoms with Gasteiger partial charge in [-0.2, -0.15) is 11.8 Å². The van der Waals surface area contributed by atoms with Gasteiger partial charge in [-0.05, 0) is 51.0 Å². The van der Waals surface area contributed by atoms with Crippen molar-refractivity contribution in [2.45, 2.75) is 63.3 Å². The van der Waals surface area contributed by atoms with E-state index in [0.29, 0.717) is 11.8 Å². The molecule has 7 heteroatoms. The van der Waals surface area contributed by atoms with Crippen molar-refractivity contribution >= 4 is 41.7 Å². The summed E-state index contributed by atoms with van der Waals surface area (Å²) in [5.41, 5.74) is -1.10. The largest absolute Gasteiger partial charge is 0.466 e. The number of aliphatic imine (C=N–C) groups is 1. The number of nitrogens with one attached hydrogen (secondary N) is 2. The van der Waals surface area contributed by atoms with E-state index in [1.165, 1.54) is 31.4 Å². The van der Waals surface area contributed by atoms with Crippen LogP contribution in [0.2, 0.25) is 0 Å². The van der Waals surface area contributed by atoms with Crippen LogP contribution in [0.1, 0.15) is 52.2 Å². The van der Waals surface area contributed by atoms with Gasteiger partial charge < -0.3 is 20.2 Å². The van der Waals surface area contributed by atoms with Crippen LogP contribution < -0.4 is 10.6 Å². The molecule has 3 atom stereocenters. The summed E-state index contributed by atoms with van der Waals surface area (Å²) in [6.45, 7) is 7.07. The number of hydrogen-bond acceptors (Lipinski definition) is 4. The molecule has 3 N–H and O–H groups in total. The van der Waals surface area contributed by atoms with Crippen molar-refractivity contribution in [2.24, 2.45) is 4.99 Å². The normalized spacial score (nSPS) is 23.4. The van der Waals surface area contributed by atoms with Crippen molar-refractivity contribution in [3.05, 3.63) is 24.2 Å². The molecule has 2 rings (SSSR count). The highest BCUT2D eigenvalue weighted by molar-refractivity contribution is 14.0. The lowest BCUT2D eigenvalue weighted by atomic mass is 9.95. The topological polar surface area (TPSA) is 69.8 Å². The molecule has 0 saturated heterocycles. The zero-order chi connectivity index (χ0) is 17.4. The summed E-state index contributed by atoms with van der Waals surface area (Å²) in [5.74, 6) is 2.49. The average Bonchev–Trinajstić information content (AvgIpc) is 3.09. The van der Waals surface area contributed by atoms with E-state index in [0.717, 1.165) is 17.8 Å². The second-order valence-corrected chi connectivity index (χ2v) is 8.11. The Bertz CT molecular complexity index is 506. The maximum Gasteiger partial charge on any atom is 0.191 e. The molecule has 3 unspecified atom stereocenters. The highest BCUT2D eigenvalue weighted by Gasteiger charge is 2.27. The first-order chi connectivity index (χ1) is 11.5. The quantitative estimate of drug-likeness (QED) is 0.315. The first-order valence-electron chi connectivity index (χ1n) is 8.98. The van der Waals surface area contributed by atoms with Crippen molar-refractivity contribution in [1.29, 1.82) is 0 Å². The Morgan fingerprint density at radius 3 is 2.88 bits per heavy atom. The molecule has 0 bridgehead atoms. The molecule has 0 aromatic carbocycles. The van der Waals surface area contributed by atoms with E-state index in [4.69, 9.17) is 4.42 Å². The van der Waals surface area contributed by atoms with Crippen LogP contribution in [0.25, 0.3) is 0 Å². The molecule has 1 saturated carbocycles. The summed E-state index contributed by atoms with van der Waals surface area (Å²) in [7, 11) is 0. The van der Waals surface area contributed by atoms with Crippen LogP contribution in [0.5, 0.6) is 0 Å². The smallest absolute Gasteiger partial charge is 0.191 e. The minimum Gasteiger partial charge on any atom is -0.466 e. The molecule has 1 aromatic heterocycles. The highest BCUT2D eigenvalue weighted by atomic mass is 127. The molecule has 25 heavy (non-hydrogen) atoms. The number of hydrogen-bond donors (Lipinski definition) is 3. The molecular weight excluding hydrogens is 449 g/mol. The van der Waals surface area contributed by atoms with Crippen LogP contribution in [0, 0.1) is 0 Å². The number of nitrogens with zero attached hydrogens (tertiary/aromatic N) is 1. The van der Waals surface area contributed by atoms with E-state index in [1.807, 2.05) is 0 Å². The van der Waals surface area contributed by atoms with Gasteiger partial charge in [-0.25, -0.2) is 4.99 Å². The van der Waals surface area contributed by atoms with E-state index in [2.05, 4.69) is 41.2 Å². The average molecular weight is 481 g/mol. The van der Waals surface area contributed by atoms with Gasteiger partial charge in [-0.15, -0.1) is 24.0 Å². The fourth-order valence-electron chi connectivity index (χ4n) is 3.07. The van der Waals surface area contributed by atoms with Crippen LogP contribution in [0.3, 0.4) is 0 Å². The minimum absolute atomic E-state index is 0. The maximum atomic E-state index is 10.5. The van der Waals surface area contributed by atoms with Gasteiger partial charge in [0.25, 0.3) is 0 Å². The van der Waals surface area contributed by atoms with Crippen molar-refractivity contribution in [3.63, 3.8) is 0 Å². The van der Waals surface area contributed by atoms with Gasteiger partial charge in [0.2, 0.25) is 0 Å². The van der Waals surface area contributed by atoms with Crippen molar-refractivity contribution < 1.29 is 9.52 Å². The minimum atomic E-state index is -1.10. The lowest BCUT2D eigenvalue weighted by molar-refractivity contribution is 0.0436. The third-order valence-electron chi connectivity index (χ3n) is 4.31. The molecule has 0 spiro atoms.